The Kier molecular flexibility index (Phi) is 5.72. The van der Waals surface area contributed by atoms with Gasteiger partial charge in [-0.3, -0.25) is 0 Å². The van der Waals surface area contributed by atoms with Crippen molar-refractivity contribution in [3.8, 4) is 0 Å². The number of hydrogen-bond donors (Lipinski definition) is 1. The molecule has 0 bridgehead atoms. The zero-order chi connectivity index (χ0) is 12.0. The molecule has 0 aliphatic carbocycles. The molecule has 5 heteroatoms. The van der Waals surface area contributed by atoms with Crippen LogP contribution in [0.5, 0.6) is 0 Å². The summed E-state index contributed by atoms with van der Waals surface area (Å²) in [5, 5.41) is 3.23. The van der Waals surface area contributed by atoms with Gasteiger partial charge in [0.2, 0.25) is 0 Å². The highest BCUT2D eigenvalue weighted by atomic mass is 32.2. The molecule has 0 aromatic heterocycles. The van der Waals surface area contributed by atoms with Gasteiger partial charge in [0.25, 0.3) is 0 Å². The van der Waals surface area contributed by atoms with E-state index in [1.54, 1.807) is 0 Å². The van der Waals surface area contributed by atoms with Crippen molar-refractivity contribution in [2.45, 2.75) is 44.8 Å². The second-order valence-corrected chi connectivity index (χ2v) is 6.91. The van der Waals surface area contributed by atoms with Crippen molar-refractivity contribution in [3.63, 3.8) is 0 Å². The largest absolute Gasteiger partial charge is 0.378 e. The molecule has 1 aliphatic rings. The number of nitrogens with one attached hydrogen (secondary N) is 1. The third-order valence-electron chi connectivity index (χ3n) is 2.77. The van der Waals surface area contributed by atoms with E-state index in [0.29, 0.717) is 6.10 Å². The fourth-order valence-corrected chi connectivity index (χ4v) is 3.09. The summed E-state index contributed by atoms with van der Waals surface area (Å²) >= 11 is 0. The van der Waals surface area contributed by atoms with Crippen LogP contribution in [0.15, 0.2) is 0 Å². The minimum Gasteiger partial charge on any atom is -0.378 e. The first-order valence-electron chi connectivity index (χ1n) is 6.00. The second-order valence-electron chi connectivity index (χ2n) is 4.72. The van der Waals surface area contributed by atoms with Gasteiger partial charge in [0, 0.05) is 18.9 Å². The first kappa shape index (κ1) is 13.9. The maximum absolute atomic E-state index is 11.0. The molecule has 0 aromatic carbocycles. The van der Waals surface area contributed by atoms with Crippen LogP contribution in [0.25, 0.3) is 0 Å². The molecule has 0 radical (unpaired) electrons. The molecular formula is C11H23NO3S. The molecule has 2 atom stereocenters. The van der Waals surface area contributed by atoms with Gasteiger partial charge in [-0.25, -0.2) is 8.42 Å². The maximum atomic E-state index is 11.0. The molecule has 1 N–H and O–H groups in total. The predicted octanol–water partition coefficient (Wildman–Crippen LogP) is 0.968. The Morgan fingerprint density at radius 3 is 2.81 bits per heavy atom. The van der Waals surface area contributed by atoms with Gasteiger partial charge in [0.05, 0.1) is 11.9 Å². The van der Waals surface area contributed by atoms with Crippen LogP contribution in [0, 0.1) is 0 Å². The summed E-state index contributed by atoms with van der Waals surface area (Å²) in [6.07, 6.45) is 6.21. The Bertz CT molecular complexity index is 284. The smallest absolute Gasteiger partial charge is 0.148 e. The molecule has 0 amide bonds. The van der Waals surface area contributed by atoms with E-state index in [0.717, 1.165) is 26.0 Å². The maximum Gasteiger partial charge on any atom is 0.148 e. The van der Waals surface area contributed by atoms with Gasteiger partial charge in [0.1, 0.15) is 9.84 Å². The molecule has 16 heavy (non-hydrogen) atoms. The Morgan fingerprint density at radius 2 is 2.25 bits per heavy atom. The van der Waals surface area contributed by atoms with Gasteiger partial charge in [-0.05, 0) is 39.2 Å². The van der Waals surface area contributed by atoms with Crippen LogP contribution in [0.4, 0.5) is 0 Å². The van der Waals surface area contributed by atoms with Gasteiger partial charge < -0.3 is 10.1 Å². The van der Waals surface area contributed by atoms with Crippen molar-refractivity contribution in [2.75, 3.05) is 25.2 Å². The zero-order valence-electron chi connectivity index (χ0n) is 10.2. The molecule has 1 fully saturated rings. The first-order valence-corrected chi connectivity index (χ1v) is 8.06. The van der Waals surface area contributed by atoms with Crippen molar-refractivity contribution in [3.05, 3.63) is 0 Å². The average Bonchev–Trinajstić information content (AvgIpc) is 2.62. The summed E-state index contributed by atoms with van der Waals surface area (Å²) in [6.45, 7) is 3.69. The average molecular weight is 249 g/mol. The van der Waals surface area contributed by atoms with Crippen molar-refractivity contribution in [2.24, 2.45) is 0 Å². The lowest BCUT2D eigenvalue weighted by atomic mass is 10.1. The molecule has 1 rings (SSSR count). The highest BCUT2D eigenvalue weighted by Gasteiger charge is 2.15. The summed E-state index contributed by atoms with van der Waals surface area (Å²) in [5.74, 6) is 0.215. The summed E-state index contributed by atoms with van der Waals surface area (Å²) < 4.78 is 27.6. The van der Waals surface area contributed by atoms with E-state index in [2.05, 4.69) is 5.32 Å². The van der Waals surface area contributed by atoms with Crippen molar-refractivity contribution >= 4 is 9.84 Å². The van der Waals surface area contributed by atoms with Crippen molar-refractivity contribution in [1.29, 1.82) is 0 Å². The van der Waals surface area contributed by atoms with Crippen molar-refractivity contribution < 1.29 is 13.2 Å². The topological polar surface area (TPSA) is 55.4 Å². The van der Waals surface area contributed by atoms with Crippen LogP contribution in [-0.2, 0) is 14.6 Å². The van der Waals surface area contributed by atoms with E-state index in [9.17, 15) is 8.42 Å². The molecular weight excluding hydrogens is 226 g/mol. The summed E-state index contributed by atoms with van der Waals surface area (Å²) in [5.41, 5.74) is 0. The number of rotatable bonds is 7. The molecule has 96 valence electrons. The number of ether oxygens (including phenoxy) is 1. The zero-order valence-corrected chi connectivity index (χ0v) is 11.1. The van der Waals surface area contributed by atoms with Gasteiger partial charge in [-0.1, -0.05) is 0 Å². The third-order valence-corrected chi connectivity index (χ3v) is 3.88. The highest BCUT2D eigenvalue weighted by Crippen LogP contribution is 2.16. The van der Waals surface area contributed by atoms with Gasteiger partial charge in [0.15, 0.2) is 0 Å². The van der Waals surface area contributed by atoms with Gasteiger partial charge in [-0.15, -0.1) is 0 Å². The molecule has 0 spiro atoms. The molecule has 1 saturated heterocycles. The van der Waals surface area contributed by atoms with E-state index in [-0.39, 0.29) is 11.8 Å². The lowest BCUT2D eigenvalue weighted by Gasteiger charge is -2.13. The minimum atomic E-state index is -2.86. The summed E-state index contributed by atoms with van der Waals surface area (Å²) in [7, 11) is -2.86. The highest BCUT2D eigenvalue weighted by molar-refractivity contribution is 7.90. The number of sulfone groups is 1. The lowest BCUT2D eigenvalue weighted by Crippen LogP contribution is -2.33. The van der Waals surface area contributed by atoms with Crippen molar-refractivity contribution in [1.82, 2.24) is 5.32 Å². The van der Waals surface area contributed by atoms with Crippen LogP contribution in [-0.4, -0.2) is 45.7 Å². The van der Waals surface area contributed by atoms with E-state index in [4.69, 9.17) is 4.74 Å². The molecule has 0 aromatic rings. The van der Waals surface area contributed by atoms with Crippen LogP contribution >= 0.6 is 0 Å². The third kappa shape index (κ3) is 6.45. The normalized spacial score (nSPS) is 23.5. The van der Waals surface area contributed by atoms with Crippen LogP contribution < -0.4 is 5.32 Å². The SMILES string of the molecule is CC(CS(C)(=O)=O)NCCCC1CCCO1. The van der Waals surface area contributed by atoms with E-state index in [1.807, 2.05) is 6.92 Å². The Hall–Kier alpha value is -0.130. The molecule has 4 nitrogen and oxygen atoms in total. The van der Waals surface area contributed by atoms with Gasteiger partial charge in [-0.2, -0.15) is 0 Å². The predicted molar refractivity (Wildman–Crippen MR) is 65.4 cm³/mol. The van der Waals surface area contributed by atoms with E-state index >= 15 is 0 Å². The van der Waals surface area contributed by atoms with Crippen LogP contribution in [0.2, 0.25) is 0 Å². The molecule has 2 unspecified atom stereocenters. The Morgan fingerprint density at radius 1 is 1.50 bits per heavy atom. The fraction of sp³-hybridized carbons (Fsp3) is 1.00. The molecule has 1 aliphatic heterocycles. The van der Waals surface area contributed by atoms with Crippen LogP contribution in [0.3, 0.4) is 0 Å². The Labute approximate surface area is 98.7 Å². The van der Waals surface area contributed by atoms with Gasteiger partial charge >= 0.3 is 0 Å². The quantitative estimate of drug-likeness (QED) is 0.683. The molecule has 1 heterocycles. The first-order chi connectivity index (χ1) is 7.47. The fourth-order valence-electron chi connectivity index (χ4n) is 2.06. The lowest BCUT2D eigenvalue weighted by molar-refractivity contribution is 0.102. The Balaban J connectivity index is 2.01. The van der Waals surface area contributed by atoms with Crippen LogP contribution in [0.1, 0.15) is 32.6 Å². The second kappa shape index (κ2) is 6.57. The summed E-state index contributed by atoms with van der Waals surface area (Å²) in [6, 6.07) is 0.0412. The van der Waals surface area contributed by atoms with E-state index < -0.39 is 9.84 Å². The minimum absolute atomic E-state index is 0.0412. The summed E-state index contributed by atoms with van der Waals surface area (Å²) in [4.78, 5) is 0. The van der Waals surface area contributed by atoms with E-state index in [1.165, 1.54) is 19.1 Å². The number of hydrogen-bond acceptors (Lipinski definition) is 4. The molecule has 0 saturated carbocycles. The standard InChI is InChI=1S/C11H23NO3S/c1-10(9-16(2,13)14)12-7-3-5-11-6-4-8-15-11/h10-12H,3-9H2,1-2H3. The monoisotopic (exact) mass is 249 g/mol.